The molecule has 1 aliphatic rings. The number of hydrogen-bond acceptors (Lipinski definition) is 6. The lowest BCUT2D eigenvalue weighted by atomic mass is 10.3. The number of anilines is 1. The van der Waals surface area contributed by atoms with Crippen molar-refractivity contribution in [1.82, 2.24) is 19.7 Å². The van der Waals surface area contributed by atoms with Gasteiger partial charge in [-0.1, -0.05) is 11.8 Å². The lowest BCUT2D eigenvalue weighted by Gasteiger charge is -2.25. The number of halogens is 2. The maximum Gasteiger partial charge on any atom is 0.234 e. The van der Waals surface area contributed by atoms with Crippen LogP contribution in [0.4, 0.5) is 14.5 Å². The molecule has 26 heavy (non-hydrogen) atoms. The molecule has 0 saturated carbocycles. The summed E-state index contributed by atoms with van der Waals surface area (Å²) in [5.74, 6) is -1.06. The first kappa shape index (κ1) is 18.7. The molecule has 7 nitrogen and oxygen atoms in total. The summed E-state index contributed by atoms with van der Waals surface area (Å²) in [5, 5.41) is 11.3. The summed E-state index contributed by atoms with van der Waals surface area (Å²) in [5.41, 5.74) is -0.0528. The van der Waals surface area contributed by atoms with E-state index >= 15 is 0 Å². The average molecular weight is 383 g/mol. The number of benzene rings is 1. The minimum Gasteiger partial charge on any atom is -0.379 e. The molecule has 2 heterocycles. The number of thioether (sulfide) groups is 1. The number of hydrogen-bond donors (Lipinski definition) is 1. The molecule has 140 valence electrons. The minimum atomic E-state index is -0.810. The molecule has 10 heteroatoms. The van der Waals surface area contributed by atoms with Crippen molar-refractivity contribution in [2.75, 3.05) is 37.4 Å². The van der Waals surface area contributed by atoms with E-state index in [1.165, 1.54) is 17.8 Å². The van der Waals surface area contributed by atoms with Gasteiger partial charge in [-0.05, 0) is 12.1 Å². The molecule has 3 rings (SSSR count). The molecule has 0 unspecified atom stereocenters. The van der Waals surface area contributed by atoms with Crippen molar-refractivity contribution in [3.63, 3.8) is 0 Å². The van der Waals surface area contributed by atoms with Crippen LogP contribution < -0.4 is 5.32 Å². The number of amides is 1. The maximum absolute atomic E-state index is 13.6. The van der Waals surface area contributed by atoms with E-state index < -0.39 is 17.5 Å². The van der Waals surface area contributed by atoms with Crippen molar-refractivity contribution in [3.05, 3.63) is 35.7 Å². The van der Waals surface area contributed by atoms with Crippen LogP contribution in [-0.2, 0) is 23.1 Å². The van der Waals surface area contributed by atoms with Crippen molar-refractivity contribution >= 4 is 23.4 Å². The topological polar surface area (TPSA) is 72.3 Å². The third-order valence-electron chi connectivity index (χ3n) is 3.93. The van der Waals surface area contributed by atoms with Crippen LogP contribution >= 0.6 is 11.8 Å². The van der Waals surface area contributed by atoms with E-state index in [2.05, 4.69) is 20.4 Å². The quantitative estimate of drug-likeness (QED) is 0.765. The fourth-order valence-corrected chi connectivity index (χ4v) is 3.20. The molecule has 0 aliphatic carbocycles. The van der Waals surface area contributed by atoms with E-state index in [0.29, 0.717) is 24.9 Å². The van der Waals surface area contributed by atoms with Gasteiger partial charge in [-0.2, -0.15) is 0 Å². The predicted octanol–water partition coefficient (Wildman–Crippen LogP) is 1.66. The standard InChI is InChI=1S/C16H19F2N5O2S/c1-22-14(9-23-4-6-25-7-5-23)20-21-16(22)26-10-15(24)19-13-3-2-11(17)8-12(13)18/h2-3,8H,4-7,9-10H2,1H3,(H,19,24). The van der Waals surface area contributed by atoms with Crippen LogP contribution in [0.5, 0.6) is 0 Å². The number of aromatic nitrogens is 3. The van der Waals surface area contributed by atoms with Crippen LogP contribution in [0.15, 0.2) is 23.4 Å². The van der Waals surface area contributed by atoms with E-state index in [1.54, 1.807) is 0 Å². The lowest BCUT2D eigenvalue weighted by Crippen LogP contribution is -2.36. The molecule has 0 bridgehead atoms. The Morgan fingerprint density at radius 1 is 1.31 bits per heavy atom. The number of carbonyl (C=O) groups excluding carboxylic acids is 1. The predicted molar refractivity (Wildman–Crippen MR) is 92.8 cm³/mol. The molecule has 2 aromatic rings. The van der Waals surface area contributed by atoms with Crippen molar-refractivity contribution < 1.29 is 18.3 Å². The van der Waals surface area contributed by atoms with E-state index in [9.17, 15) is 13.6 Å². The van der Waals surface area contributed by atoms with Crippen LogP contribution in [0, 0.1) is 11.6 Å². The number of carbonyl (C=O) groups is 1. The molecule has 1 aromatic heterocycles. The zero-order chi connectivity index (χ0) is 18.5. The molecule has 0 spiro atoms. The van der Waals surface area contributed by atoms with Crippen LogP contribution in [0.3, 0.4) is 0 Å². The molecule has 1 amide bonds. The summed E-state index contributed by atoms with van der Waals surface area (Å²) >= 11 is 1.20. The third kappa shape index (κ3) is 4.77. The van der Waals surface area contributed by atoms with Crippen molar-refractivity contribution in [2.45, 2.75) is 11.7 Å². The van der Waals surface area contributed by atoms with Gasteiger partial charge in [0.1, 0.15) is 17.5 Å². The van der Waals surface area contributed by atoms with Gasteiger partial charge < -0.3 is 14.6 Å². The molecule has 1 saturated heterocycles. The monoisotopic (exact) mass is 383 g/mol. The molecular weight excluding hydrogens is 364 g/mol. The van der Waals surface area contributed by atoms with Gasteiger partial charge in [0.25, 0.3) is 0 Å². The molecule has 0 atom stereocenters. The Morgan fingerprint density at radius 3 is 2.81 bits per heavy atom. The van der Waals surface area contributed by atoms with Gasteiger partial charge in [0, 0.05) is 26.2 Å². The number of ether oxygens (including phenoxy) is 1. The molecule has 1 fully saturated rings. The highest BCUT2D eigenvalue weighted by Gasteiger charge is 2.17. The van der Waals surface area contributed by atoms with Crippen LogP contribution in [0.25, 0.3) is 0 Å². The Bertz CT molecular complexity index is 780. The van der Waals surface area contributed by atoms with E-state index in [4.69, 9.17) is 4.74 Å². The second-order valence-corrected chi connectivity index (χ2v) is 6.75. The Kier molecular flexibility index (Phi) is 6.17. The molecule has 1 N–H and O–H groups in total. The summed E-state index contributed by atoms with van der Waals surface area (Å²) in [4.78, 5) is 14.2. The number of rotatable bonds is 6. The summed E-state index contributed by atoms with van der Waals surface area (Å²) in [6, 6.07) is 3.01. The molecule has 1 aromatic carbocycles. The van der Waals surface area contributed by atoms with E-state index in [1.807, 2.05) is 11.6 Å². The smallest absolute Gasteiger partial charge is 0.234 e. The molecule has 1 aliphatic heterocycles. The fourth-order valence-electron chi connectivity index (χ4n) is 2.47. The van der Waals surface area contributed by atoms with Gasteiger partial charge in [0.05, 0.1) is 31.2 Å². The first-order valence-corrected chi connectivity index (χ1v) is 9.07. The largest absolute Gasteiger partial charge is 0.379 e. The van der Waals surface area contributed by atoms with Gasteiger partial charge in [-0.3, -0.25) is 9.69 Å². The van der Waals surface area contributed by atoms with Crippen molar-refractivity contribution in [3.8, 4) is 0 Å². The zero-order valence-corrected chi connectivity index (χ0v) is 15.1. The summed E-state index contributed by atoms with van der Waals surface area (Å²) < 4.78 is 33.6. The normalized spacial score (nSPS) is 15.2. The summed E-state index contributed by atoms with van der Waals surface area (Å²) in [6.07, 6.45) is 0. The Hall–Kier alpha value is -2.04. The number of morpholine rings is 1. The number of nitrogens with one attached hydrogen (secondary N) is 1. The third-order valence-corrected chi connectivity index (χ3v) is 4.95. The van der Waals surface area contributed by atoms with Crippen molar-refractivity contribution in [1.29, 1.82) is 0 Å². The second-order valence-electron chi connectivity index (χ2n) is 5.81. The minimum absolute atomic E-state index is 0.0420. The Balaban J connectivity index is 1.53. The SMILES string of the molecule is Cn1c(CN2CCOCC2)nnc1SCC(=O)Nc1ccc(F)cc1F. The highest BCUT2D eigenvalue weighted by molar-refractivity contribution is 7.99. The van der Waals surface area contributed by atoms with Crippen LogP contribution in [-0.4, -0.2) is 57.6 Å². The average Bonchev–Trinajstić information content (AvgIpc) is 2.96. The van der Waals surface area contributed by atoms with Crippen LogP contribution in [0.1, 0.15) is 5.82 Å². The molecule has 0 radical (unpaired) electrons. The van der Waals surface area contributed by atoms with Gasteiger partial charge in [0.2, 0.25) is 5.91 Å². The highest BCUT2D eigenvalue weighted by atomic mass is 32.2. The maximum atomic E-state index is 13.6. The van der Waals surface area contributed by atoms with Crippen molar-refractivity contribution in [2.24, 2.45) is 7.05 Å². The van der Waals surface area contributed by atoms with Crippen LogP contribution in [0.2, 0.25) is 0 Å². The van der Waals surface area contributed by atoms with E-state index in [-0.39, 0.29) is 11.4 Å². The first-order valence-electron chi connectivity index (χ1n) is 8.09. The number of nitrogens with zero attached hydrogens (tertiary/aromatic N) is 4. The lowest BCUT2D eigenvalue weighted by molar-refractivity contribution is -0.113. The van der Waals surface area contributed by atoms with Gasteiger partial charge in [-0.15, -0.1) is 10.2 Å². The summed E-state index contributed by atoms with van der Waals surface area (Å²) in [7, 11) is 1.84. The highest BCUT2D eigenvalue weighted by Crippen LogP contribution is 2.19. The second kappa shape index (κ2) is 8.56. The van der Waals surface area contributed by atoms with E-state index in [0.717, 1.165) is 31.0 Å². The Labute approximate surface area is 153 Å². The van der Waals surface area contributed by atoms with Gasteiger partial charge in [-0.25, -0.2) is 8.78 Å². The Morgan fingerprint density at radius 2 is 2.08 bits per heavy atom. The first-order chi connectivity index (χ1) is 12.5. The van der Waals surface area contributed by atoms with Gasteiger partial charge in [0.15, 0.2) is 5.16 Å². The molecular formula is C16H19F2N5O2S. The fraction of sp³-hybridized carbons (Fsp3) is 0.438. The van der Waals surface area contributed by atoms with Gasteiger partial charge >= 0.3 is 0 Å². The summed E-state index contributed by atoms with van der Waals surface area (Å²) in [6.45, 7) is 3.78. The zero-order valence-electron chi connectivity index (χ0n) is 14.2.